The van der Waals surface area contributed by atoms with Crippen molar-refractivity contribution in [3.63, 3.8) is 0 Å². The van der Waals surface area contributed by atoms with Gasteiger partial charge in [0.15, 0.2) is 0 Å². The van der Waals surface area contributed by atoms with Gasteiger partial charge in [0.05, 0.1) is 25.4 Å². The topological polar surface area (TPSA) is 214 Å². The molecule has 0 aliphatic rings. The molecule has 11 N–H and O–H groups in total. The van der Waals surface area contributed by atoms with Gasteiger partial charge >= 0.3 is 0 Å². The summed E-state index contributed by atoms with van der Waals surface area (Å²) >= 11 is 0. The van der Waals surface area contributed by atoms with E-state index in [1.165, 1.54) is 0 Å². The van der Waals surface area contributed by atoms with Crippen molar-refractivity contribution in [1.29, 1.82) is 0 Å². The molecule has 0 fully saturated rings. The minimum absolute atomic E-state index is 0.348. The fourth-order valence-electron chi connectivity index (χ4n) is 1.75. The van der Waals surface area contributed by atoms with Gasteiger partial charge in [-0.25, -0.2) is 0 Å². The normalized spacial score (nSPS) is 22.7. The first-order chi connectivity index (χ1) is 10.7. The number of nitrogens with one attached hydrogen (secondary N) is 1. The number of hydrogen-bond acceptors (Lipinski definition) is 11. The van der Waals surface area contributed by atoms with Gasteiger partial charge in [-0.1, -0.05) is 0 Å². The van der Waals surface area contributed by atoms with E-state index in [9.17, 15) is 30.6 Å². The van der Waals surface area contributed by atoms with E-state index in [4.69, 9.17) is 20.4 Å². The first-order valence-corrected chi connectivity index (χ1v) is 7.04. The average molecular weight is 345 g/mol. The third-order valence-corrected chi connectivity index (χ3v) is 3.36. The Morgan fingerprint density at radius 3 is 1.00 bits per heavy atom. The van der Waals surface area contributed by atoms with Crippen LogP contribution in [0.2, 0.25) is 0 Å². The summed E-state index contributed by atoms with van der Waals surface area (Å²) in [7, 11) is 0. The van der Waals surface area contributed by atoms with Crippen LogP contribution in [0.3, 0.4) is 0 Å². The van der Waals surface area contributed by atoms with Gasteiger partial charge in [-0.05, 0) is 0 Å². The summed E-state index contributed by atoms with van der Waals surface area (Å²) in [6, 6.07) is 0. The second kappa shape index (κ2) is 11.2. The van der Waals surface area contributed by atoms with Crippen LogP contribution in [-0.2, 0) is 0 Å². The minimum atomic E-state index is -1.78. The Morgan fingerprint density at radius 2 is 0.739 bits per heavy atom. The number of rotatable bonds is 12. The Kier molecular flexibility index (Phi) is 11.0. The summed E-state index contributed by atoms with van der Waals surface area (Å²) in [4.78, 5) is 0. The van der Waals surface area contributed by atoms with Crippen LogP contribution in [0.15, 0.2) is 0 Å². The largest absolute Gasteiger partial charge is 0.394 e. The van der Waals surface area contributed by atoms with Gasteiger partial charge in [-0.2, -0.15) is 0 Å². The molecule has 0 spiro atoms. The van der Waals surface area contributed by atoms with Gasteiger partial charge in [-0.3, -0.25) is 0 Å². The first-order valence-electron chi connectivity index (χ1n) is 7.04. The van der Waals surface area contributed by atoms with Crippen molar-refractivity contribution < 1.29 is 51.1 Å². The summed E-state index contributed by atoms with van der Waals surface area (Å²) in [6.45, 7) is -2.32. The lowest BCUT2D eigenvalue weighted by Gasteiger charge is -2.28. The fraction of sp³-hybridized carbons (Fsp3) is 1.00. The first kappa shape index (κ1) is 22.6. The van der Waals surface area contributed by atoms with Crippen LogP contribution in [0.5, 0.6) is 0 Å². The molecule has 0 aliphatic heterocycles. The quantitative estimate of drug-likeness (QED) is 0.160. The van der Waals surface area contributed by atoms with Crippen LogP contribution in [0.25, 0.3) is 0 Å². The second-order valence-electron chi connectivity index (χ2n) is 5.26. The lowest BCUT2D eigenvalue weighted by atomic mass is 10.0. The van der Waals surface area contributed by atoms with Gasteiger partial charge in [0.25, 0.3) is 0 Å². The van der Waals surface area contributed by atoms with Gasteiger partial charge in [0.2, 0.25) is 0 Å². The molecule has 0 amide bonds. The molecule has 0 saturated carbocycles. The molecule has 0 aromatic heterocycles. The molecule has 11 nitrogen and oxygen atoms in total. The molecule has 8 atom stereocenters. The highest BCUT2D eigenvalue weighted by molar-refractivity contribution is 4.84. The molecular weight excluding hydrogens is 318 g/mol. The van der Waals surface area contributed by atoms with Gasteiger partial charge in [0.1, 0.15) is 36.6 Å². The van der Waals surface area contributed by atoms with Crippen LogP contribution >= 0.6 is 0 Å². The second-order valence-corrected chi connectivity index (χ2v) is 5.26. The molecule has 0 rings (SSSR count). The molecule has 0 heterocycles. The Morgan fingerprint density at radius 1 is 0.478 bits per heavy atom. The van der Waals surface area contributed by atoms with Crippen molar-refractivity contribution in [2.75, 3.05) is 26.3 Å². The van der Waals surface area contributed by atoms with Crippen LogP contribution in [-0.4, -0.2) is 126 Å². The molecule has 0 aliphatic carbocycles. The highest BCUT2D eigenvalue weighted by atomic mass is 16.4. The predicted molar refractivity (Wildman–Crippen MR) is 75.1 cm³/mol. The van der Waals surface area contributed by atoms with Crippen molar-refractivity contribution in [1.82, 2.24) is 5.32 Å². The van der Waals surface area contributed by atoms with E-state index in [0.29, 0.717) is 0 Å². The predicted octanol–water partition coefficient (Wildman–Crippen LogP) is -6.55. The Hall–Kier alpha value is -0.440. The summed E-state index contributed by atoms with van der Waals surface area (Å²) in [5.74, 6) is 0. The molecular formula is C12H27NO10. The van der Waals surface area contributed by atoms with Crippen molar-refractivity contribution in [3.05, 3.63) is 0 Å². The fourth-order valence-corrected chi connectivity index (χ4v) is 1.75. The molecule has 0 saturated heterocycles. The van der Waals surface area contributed by atoms with Gasteiger partial charge < -0.3 is 56.4 Å². The van der Waals surface area contributed by atoms with E-state index >= 15 is 0 Å². The van der Waals surface area contributed by atoms with E-state index in [-0.39, 0.29) is 13.1 Å². The lowest BCUT2D eigenvalue weighted by molar-refractivity contribution is -0.119. The minimum Gasteiger partial charge on any atom is -0.394 e. The smallest absolute Gasteiger partial charge is 0.111 e. The monoisotopic (exact) mass is 345 g/mol. The summed E-state index contributed by atoms with van der Waals surface area (Å²) in [5, 5.41) is 95.0. The maximum Gasteiger partial charge on any atom is 0.111 e. The molecule has 11 heteroatoms. The van der Waals surface area contributed by atoms with E-state index in [0.717, 1.165) is 0 Å². The van der Waals surface area contributed by atoms with Crippen molar-refractivity contribution in [2.45, 2.75) is 48.8 Å². The number of aliphatic hydroxyl groups is 10. The SMILES string of the molecule is OC[C@@H](O)[C@@H](O)[C@@H](O)[C@@H](O)CNC[C@H](O)[C@@H](O)[C@H](O)[C@H](O)CO. The van der Waals surface area contributed by atoms with E-state index in [1.54, 1.807) is 0 Å². The van der Waals surface area contributed by atoms with Gasteiger partial charge in [0, 0.05) is 13.1 Å². The lowest BCUT2D eigenvalue weighted by Crippen LogP contribution is -2.52. The number of aliphatic hydroxyl groups excluding tert-OH is 10. The zero-order chi connectivity index (χ0) is 18.2. The van der Waals surface area contributed by atoms with Crippen LogP contribution in [0.1, 0.15) is 0 Å². The van der Waals surface area contributed by atoms with Crippen LogP contribution in [0, 0.1) is 0 Å². The Bertz CT molecular complexity index is 282. The maximum atomic E-state index is 9.59. The highest BCUT2D eigenvalue weighted by Gasteiger charge is 2.31. The highest BCUT2D eigenvalue weighted by Crippen LogP contribution is 2.06. The van der Waals surface area contributed by atoms with E-state index in [2.05, 4.69) is 5.32 Å². The Labute approximate surface area is 132 Å². The van der Waals surface area contributed by atoms with Crippen molar-refractivity contribution in [3.8, 4) is 0 Å². The molecule has 0 radical (unpaired) electrons. The van der Waals surface area contributed by atoms with Gasteiger partial charge in [-0.15, -0.1) is 0 Å². The molecule has 0 unspecified atom stereocenters. The number of hydrogen-bond donors (Lipinski definition) is 11. The summed E-state index contributed by atoms with van der Waals surface area (Å²) < 4.78 is 0. The standard InChI is InChI=1S/C12H27NO10/c14-3-7(18)11(22)9(20)5(16)1-13-2-6(17)10(21)12(23)8(19)4-15/h5-23H,1-4H2/t5-,6-,7+,8+,9-,10+,11+,12+/m0/s1. The molecule has 23 heavy (non-hydrogen) atoms. The van der Waals surface area contributed by atoms with E-state index < -0.39 is 62.0 Å². The molecule has 140 valence electrons. The third-order valence-electron chi connectivity index (χ3n) is 3.36. The maximum absolute atomic E-state index is 9.59. The zero-order valence-corrected chi connectivity index (χ0v) is 12.4. The summed E-state index contributed by atoms with van der Waals surface area (Å²) in [5.41, 5.74) is 0. The van der Waals surface area contributed by atoms with Crippen molar-refractivity contribution in [2.24, 2.45) is 0 Å². The average Bonchev–Trinajstić information content (AvgIpc) is 2.56. The molecule has 0 bridgehead atoms. The molecule has 0 aromatic carbocycles. The van der Waals surface area contributed by atoms with Crippen molar-refractivity contribution >= 4 is 0 Å². The van der Waals surface area contributed by atoms with Crippen LogP contribution < -0.4 is 5.32 Å². The third kappa shape index (κ3) is 7.32. The van der Waals surface area contributed by atoms with Crippen LogP contribution in [0.4, 0.5) is 0 Å². The Balaban J connectivity index is 4.22. The molecule has 0 aromatic rings. The zero-order valence-electron chi connectivity index (χ0n) is 12.4. The summed E-state index contributed by atoms with van der Waals surface area (Å²) in [6.07, 6.45) is -13.5. The van der Waals surface area contributed by atoms with E-state index in [1.807, 2.05) is 0 Å².